The first-order valence-electron chi connectivity index (χ1n) is 10.8. The number of hydrogen-bond acceptors (Lipinski definition) is 15. The van der Waals surface area contributed by atoms with E-state index in [4.69, 9.17) is 41.9 Å². The van der Waals surface area contributed by atoms with Crippen molar-refractivity contribution in [2.75, 3.05) is 13.2 Å². The maximum atomic E-state index is 10.9. The van der Waals surface area contributed by atoms with Gasteiger partial charge in [0, 0.05) is 18.6 Å². The largest absolute Gasteiger partial charge is 0.394 e. The molecule has 15 atom stereocenters. The van der Waals surface area contributed by atoms with Gasteiger partial charge < -0.3 is 77.6 Å². The summed E-state index contributed by atoms with van der Waals surface area (Å²) in [6, 6.07) is -2.86. The first kappa shape index (κ1) is 27.0. The minimum Gasteiger partial charge on any atom is -0.394 e. The molecule has 0 aromatic rings. The van der Waals surface area contributed by atoms with Gasteiger partial charge in [-0.15, -0.1) is 0 Å². The average molecular weight is 485 g/mol. The highest BCUT2D eigenvalue weighted by Gasteiger charge is 2.51. The summed E-state index contributed by atoms with van der Waals surface area (Å²) in [5.41, 5.74) is 23.5. The van der Waals surface area contributed by atoms with Gasteiger partial charge in [0.1, 0.15) is 61.0 Å². The van der Waals surface area contributed by atoms with Crippen LogP contribution in [0.3, 0.4) is 0 Å². The smallest absolute Gasteiger partial charge is 0.187 e. The number of ether oxygens (including phenoxy) is 4. The van der Waals surface area contributed by atoms with Crippen molar-refractivity contribution in [3.05, 3.63) is 0 Å². The molecule has 2 saturated heterocycles. The number of aliphatic hydroxyl groups excluding tert-OH is 7. The van der Waals surface area contributed by atoms with Gasteiger partial charge in [0.05, 0.1) is 12.6 Å². The van der Waals surface area contributed by atoms with Gasteiger partial charge in [-0.05, 0) is 6.42 Å². The molecular weight excluding hydrogens is 448 g/mol. The van der Waals surface area contributed by atoms with E-state index in [9.17, 15) is 35.7 Å². The van der Waals surface area contributed by atoms with Crippen LogP contribution < -0.4 is 22.9 Å². The highest BCUT2D eigenvalue weighted by molar-refractivity contribution is 5.01. The summed E-state index contributed by atoms with van der Waals surface area (Å²) in [7, 11) is 0. The Morgan fingerprint density at radius 2 is 1.18 bits per heavy atom. The summed E-state index contributed by atoms with van der Waals surface area (Å²) in [6.07, 6.45) is -16.5. The zero-order valence-corrected chi connectivity index (χ0v) is 17.9. The van der Waals surface area contributed by atoms with Gasteiger partial charge in [-0.2, -0.15) is 0 Å². The van der Waals surface area contributed by atoms with Crippen molar-refractivity contribution in [1.29, 1.82) is 0 Å². The monoisotopic (exact) mass is 484 g/mol. The van der Waals surface area contributed by atoms with E-state index in [1.165, 1.54) is 0 Å². The van der Waals surface area contributed by atoms with Gasteiger partial charge in [-0.1, -0.05) is 0 Å². The van der Waals surface area contributed by atoms with Crippen molar-refractivity contribution >= 4 is 0 Å². The number of hydrogen-bond donors (Lipinski definition) is 11. The molecule has 0 aromatic heterocycles. The van der Waals surface area contributed by atoms with Gasteiger partial charge in [0.15, 0.2) is 12.6 Å². The van der Waals surface area contributed by atoms with E-state index >= 15 is 0 Å². The zero-order valence-electron chi connectivity index (χ0n) is 17.9. The molecule has 0 spiro atoms. The fourth-order valence-corrected chi connectivity index (χ4v) is 4.40. The molecule has 0 amide bonds. The molecule has 15 N–H and O–H groups in total. The lowest BCUT2D eigenvalue weighted by Crippen LogP contribution is -2.68. The Hall–Kier alpha value is -0.600. The second-order valence-electron chi connectivity index (χ2n) is 8.79. The van der Waals surface area contributed by atoms with Crippen molar-refractivity contribution in [3.8, 4) is 0 Å². The lowest BCUT2D eigenvalue weighted by Gasteiger charge is -2.48. The maximum Gasteiger partial charge on any atom is 0.187 e. The molecule has 15 heteroatoms. The Labute approximate surface area is 189 Å². The summed E-state index contributed by atoms with van der Waals surface area (Å²) in [6.45, 7) is -0.763. The van der Waals surface area contributed by atoms with E-state index in [2.05, 4.69) is 0 Å². The molecule has 3 aliphatic rings. The number of rotatable bonds is 6. The van der Waals surface area contributed by atoms with Crippen LogP contribution in [-0.2, 0) is 18.9 Å². The second kappa shape index (κ2) is 11.0. The molecule has 194 valence electrons. The fraction of sp³-hybridized carbons (Fsp3) is 1.00. The van der Waals surface area contributed by atoms with Crippen LogP contribution >= 0.6 is 0 Å². The van der Waals surface area contributed by atoms with Crippen LogP contribution in [0, 0.1) is 0 Å². The first-order chi connectivity index (χ1) is 15.5. The van der Waals surface area contributed by atoms with Crippen LogP contribution in [0.1, 0.15) is 6.42 Å². The van der Waals surface area contributed by atoms with E-state index in [0.29, 0.717) is 0 Å². The SMILES string of the molecule is NCC1OC(OC2C(N)CC(N)C(OC3OC(CO)C(O)C(N)C3O)C2O)C(O)[C@H](O)C1O. The van der Waals surface area contributed by atoms with Crippen molar-refractivity contribution in [3.63, 3.8) is 0 Å². The average Bonchev–Trinajstić information content (AvgIpc) is 2.79. The normalized spacial score (nSPS) is 53.7. The van der Waals surface area contributed by atoms with Gasteiger partial charge in [0.25, 0.3) is 0 Å². The molecule has 3 rings (SSSR count). The van der Waals surface area contributed by atoms with Gasteiger partial charge in [0.2, 0.25) is 0 Å². The van der Waals surface area contributed by atoms with E-state index in [1.807, 2.05) is 0 Å². The van der Waals surface area contributed by atoms with Crippen LogP contribution in [-0.4, -0.2) is 141 Å². The van der Waals surface area contributed by atoms with E-state index in [1.54, 1.807) is 0 Å². The predicted molar refractivity (Wildman–Crippen MR) is 108 cm³/mol. The summed E-state index contributed by atoms with van der Waals surface area (Å²) < 4.78 is 22.2. The number of nitrogens with two attached hydrogens (primary N) is 4. The van der Waals surface area contributed by atoms with Gasteiger partial charge >= 0.3 is 0 Å². The highest BCUT2D eigenvalue weighted by atomic mass is 16.7. The summed E-state index contributed by atoms with van der Waals surface area (Å²) >= 11 is 0. The van der Waals surface area contributed by atoms with Crippen LogP contribution in [0.25, 0.3) is 0 Å². The predicted octanol–water partition coefficient (Wildman–Crippen LogP) is -7.29. The second-order valence-corrected chi connectivity index (χ2v) is 8.79. The maximum absolute atomic E-state index is 10.9. The van der Waals surface area contributed by atoms with E-state index < -0.39 is 98.4 Å². The zero-order chi connectivity index (χ0) is 24.6. The summed E-state index contributed by atoms with van der Waals surface area (Å²) in [5, 5.41) is 70.9. The molecule has 2 heterocycles. The van der Waals surface area contributed by atoms with Crippen molar-refractivity contribution < 1.29 is 54.7 Å². The van der Waals surface area contributed by atoms with E-state index in [-0.39, 0.29) is 13.0 Å². The Morgan fingerprint density at radius 1 is 0.667 bits per heavy atom. The molecule has 0 radical (unpaired) electrons. The molecule has 1 saturated carbocycles. The minimum absolute atomic E-state index is 0.0849. The quantitative estimate of drug-likeness (QED) is 0.167. The molecule has 3 fully saturated rings. The Bertz CT molecular complexity index is 584. The third kappa shape index (κ3) is 5.32. The van der Waals surface area contributed by atoms with Crippen LogP contribution in [0.2, 0.25) is 0 Å². The fourth-order valence-electron chi connectivity index (χ4n) is 4.40. The lowest BCUT2D eigenvalue weighted by molar-refractivity contribution is -0.332. The Kier molecular flexibility index (Phi) is 8.99. The van der Waals surface area contributed by atoms with Gasteiger partial charge in [-0.3, -0.25) is 0 Å². The van der Waals surface area contributed by atoms with Crippen LogP contribution in [0.4, 0.5) is 0 Å². The molecule has 1 aliphatic carbocycles. The van der Waals surface area contributed by atoms with Crippen LogP contribution in [0.5, 0.6) is 0 Å². The van der Waals surface area contributed by atoms with Gasteiger partial charge in [-0.25, -0.2) is 0 Å². The summed E-state index contributed by atoms with van der Waals surface area (Å²) in [4.78, 5) is 0. The molecule has 33 heavy (non-hydrogen) atoms. The van der Waals surface area contributed by atoms with Crippen LogP contribution in [0.15, 0.2) is 0 Å². The summed E-state index contributed by atoms with van der Waals surface area (Å²) in [5.74, 6) is 0. The highest BCUT2D eigenvalue weighted by Crippen LogP contribution is 2.31. The Balaban J connectivity index is 1.72. The minimum atomic E-state index is -1.66. The molecule has 2 aliphatic heterocycles. The lowest BCUT2D eigenvalue weighted by atomic mass is 9.84. The molecule has 0 aromatic carbocycles. The van der Waals surface area contributed by atoms with Crippen molar-refractivity contribution in [2.45, 2.75) is 98.2 Å². The molecule has 15 nitrogen and oxygen atoms in total. The number of aliphatic hydroxyl groups is 7. The first-order valence-corrected chi connectivity index (χ1v) is 10.8. The standard InChI is InChI=1S/C18H36N4O11/c19-2-6-10(25)12(27)13(28)18(30-6)33-16-5(21)1-4(20)15(14(16)29)32-17-11(26)8(22)9(24)7(3-23)31-17/h4-18,23-29H,1-3,19-22H2/t4?,5?,6?,7?,8?,9?,10?,11?,12-,13?,14?,15?,16?,17?,18?/m1/s1. The third-order valence-corrected chi connectivity index (χ3v) is 6.48. The van der Waals surface area contributed by atoms with Crippen molar-refractivity contribution in [1.82, 2.24) is 0 Å². The third-order valence-electron chi connectivity index (χ3n) is 6.48. The molecule has 0 bridgehead atoms. The van der Waals surface area contributed by atoms with E-state index in [0.717, 1.165) is 0 Å². The molecular formula is C18H36N4O11. The van der Waals surface area contributed by atoms with Crippen molar-refractivity contribution in [2.24, 2.45) is 22.9 Å². The topological polar surface area (TPSA) is 283 Å². The molecule has 14 unspecified atom stereocenters. The Morgan fingerprint density at radius 3 is 1.70 bits per heavy atom.